The van der Waals surface area contributed by atoms with Gasteiger partial charge in [-0.3, -0.25) is 0 Å². The van der Waals surface area contributed by atoms with Crippen molar-refractivity contribution in [2.45, 2.75) is 51.5 Å². The minimum absolute atomic E-state index is 0.0750. The van der Waals surface area contributed by atoms with Gasteiger partial charge in [0.15, 0.2) is 0 Å². The van der Waals surface area contributed by atoms with Gasteiger partial charge in [0.05, 0.1) is 0 Å². The molecule has 1 aromatic carbocycles. The molecule has 0 heterocycles. The van der Waals surface area contributed by atoms with Crippen molar-refractivity contribution in [1.29, 1.82) is 0 Å². The highest BCUT2D eigenvalue weighted by Gasteiger charge is 2.40. The number of halogens is 2. The summed E-state index contributed by atoms with van der Waals surface area (Å²) in [7, 11) is 0. The van der Waals surface area contributed by atoms with E-state index in [2.05, 4.69) is 28.2 Å². The second kappa shape index (κ2) is 6.78. The van der Waals surface area contributed by atoms with Crippen LogP contribution in [-0.2, 0) is 6.42 Å². The van der Waals surface area contributed by atoms with E-state index >= 15 is 0 Å². The maximum Gasteiger partial charge on any atom is 0.126 e. The van der Waals surface area contributed by atoms with Gasteiger partial charge in [0.2, 0.25) is 0 Å². The highest BCUT2D eigenvalue weighted by molar-refractivity contribution is 9.10. The minimum Gasteiger partial charge on any atom is -0.314 e. The van der Waals surface area contributed by atoms with Crippen LogP contribution in [0.1, 0.15) is 44.6 Å². The van der Waals surface area contributed by atoms with Crippen LogP contribution >= 0.6 is 15.9 Å². The Morgan fingerprint density at radius 2 is 2.19 bits per heavy atom. The van der Waals surface area contributed by atoms with Crippen molar-refractivity contribution in [1.82, 2.24) is 5.32 Å². The first-order valence-electron chi connectivity index (χ1n) is 8.33. The molecule has 116 valence electrons. The van der Waals surface area contributed by atoms with Crippen LogP contribution in [0.5, 0.6) is 0 Å². The highest BCUT2D eigenvalue weighted by atomic mass is 79.9. The first kappa shape index (κ1) is 15.5. The van der Waals surface area contributed by atoms with Gasteiger partial charge in [0, 0.05) is 10.5 Å². The van der Waals surface area contributed by atoms with Crippen molar-refractivity contribution in [2.75, 3.05) is 6.54 Å². The number of fused-ring (bicyclic) bond motifs is 2. The van der Waals surface area contributed by atoms with Gasteiger partial charge in [0.25, 0.3) is 0 Å². The number of rotatable bonds is 6. The van der Waals surface area contributed by atoms with Gasteiger partial charge in [-0.1, -0.05) is 29.3 Å². The monoisotopic (exact) mass is 353 g/mol. The van der Waals surface area contributed by atoms with Crippen molar-refractivity contribution in [3.8, 4) is 0 Å². The van der Waals surface area contributed by atoms with Gasteiger partial charge < -0.3 is 5.32 Å². The quantitative estimate of drug-likeness (QED) is 0.763. The van der Waals surface area contributed by atoms with E-state index in [1.807, 2.05) is 6.07 Å². The van der Waals surface area contributed by atoms with Gasteiger partial charge in [0.1, 0.15) is 5.82 Å². The maximum absolute atomic E-state index is 14.0. The lowest BCUT2D eigenvalue weighted by atomic mass is 9.83. The average Bonchev–Trinajstić information content (AvgIpc) is 3.05. The molecular formula is C18H25BrFN. The van der Waals surface area contributed by atoms with E-state index < -0.39 is 0 Å². The van der Waals surface area contributed by atoms with E-state index in [4.69, 9.17) is 0 Å². The third-order valence-corrected chi connectivity index (χ3v) is 5.93. The fraction of sp³-hybridized carbons (Fsp3) is 0.667. The summed E-state index contributed by atoms with van der Waals surface area (Å²) in [6, 6.07) is 5.68. The molecule has 0 saturated heterocycles. The summed E-state index contributed by atoms with van der Waals surface area (Å²) in [5, 5.41) is 3.58. The molecule has 1 N–H and O–H groups in total. The Morgan fingerprint density at radius 3 is 2.86 bits per heavy atom. The fourth-order valence-corrected chi connectivity index (χ4v) is 4.93. The van der Waals surface area contributed by atoms with Crippen LogP contribution < -0.4 is 5.32 Å². The molecule has 2 fully saturated rings. The smallest absolute Gasteiger partial charge is 0.126 e. The van der Waals surface area contributed by atoms with Crippen LogP contribution in [0.2, 0.25) is 0 Å². The zero-order valence-corrected chi connectivity index (χ0v) is 14.3. The van der Waals surface area contributed by atoms with E-state index in [-0.39, 0.29) is 5.82 Å². The highest BCUT2D eigenvalue weighted by Crippen LogP contribution is 2.50. The van der Waals surface area contributed by atoms with E-state index in [1.165, 1.54) is 32.1 Å². The molecule has 0 aromatic heterocycles. The summed E-state index contributed by atoms with van der Waals surface area (Å²) in [5.41, 5.74) is 0.832. The average molecular weight is 354 g/mol. The summed E-state index contributed by atoms with van der Waals surface area (Å²) in [6.45, 7) is 3.10. The molecule has 4 atom stereocenters. The molecule has 0 spiro atoms. The molecule has 2 aliphatic carbocycles. The summed E-state index contributed by atoms with van der Waals surface area (Å²) >= 11 is 3.45. The predicted molar refractivity (Wildman–Crippen MR) is 88.8 cm³/mol. The van der Waals surface area contributed by atoms with Crippen LogP contribution in [0.25, 0.3) is 0 Å². The Morgan fingerprint density at radius 1 is 1.33 bits per heavy atom. The molecule has 3 heteroatoms. The molecule has 0 amide bonds. The van der Waals surface area contributed by atoms with Crippen LogP contribution in [-0.4, -0.2) is 12.6 Å². The zero-order chi connectivity index (χ0) is 14.8. The van der Waals surface area contributed by atoms with Gasteiger partial charge >= 0.3 is 0 Å². The first-order valence-corrected chi connectivity index (χ1v) is 9.12. The SMILES string of the molecule is CCNC(Cc1cc(Br)ccc1F)CC1CC2CCC1C2. The van der Waals surface area contributed by atoms with Gasteiger partial charge in [-0.25, -0.2) is 4.39 Å². The molecule has 21 heavy (non-hydrogen) atoms. The lowest BCUT2D eigenvalue weighted by Gasteiger charge is -2.27. The minimum atomic E-state index is -0.0750. The van der Waals surface area contributed by atoms with Crippen molar-refractivity contribution in [2.24, 2.45) is 17.8 Å². The number of likely N-dealkylation sites (N-methyl/N-ethyl adjacent to an activating group) is 1. The first-order chi connectivity index (χ1) is 10.2. The second-order valence-electron chi connectivity index (χ2n) is 6.87. The summed E-state index contributed by atoms with van der Waals surface area (Å²) < 4.78 is 15.0. The summed E-state index contributed by atoms with van der Waals surface area (Å²) in [6.07, 6.45) is 7.75. The van der Waals surface area contributed by atoms with Crippen LogP contribution in [0.4, 0.5) is 4.39 Å². The molecule has 2 bridgehead atoms. The second-order valence-corrected chi connectivity index (χ2v) is 7.78. The molecule has 3 rings (SSSR count). The molecule has 1 aromatic rings. The maximum atomic E-state index is 14.0. The largest absolute Gasteiger partial charge is 0.314 e. The number of hydrogen-bond acceptors (Lipinski definition) is 1. The predicted octanol–water partition coefficient (Wildman–Crippen LogP) is 4.94. The Hall–Kier alpha value is -0.410. The molecular weight excluding hydrogens is 329 g/mol. The van der Waals surface area contributed by atoms with Crippen LogP contribution in [0.3, 0.4) is 0 Å². The van der Waals surface area contributed by atoms with Crippen LogP contribution in [0, 0.1) is 23.6 Å². The summed E-state index contributed by atoms with van der Waals surface area (Å²) in [4.78, 5) is 0. The lowest BCUT2D eigenvalue weighted by Crippen LogP contribution is -2.34. The Kier molecular flexibility index (Phi) is 5.00. The molecule has 0 radical (unpaired) electrons. The fourth-order valence-electron chi connectivity index (χ4n) is 4.52. The van der Waals surface area contributed by atoms with E-state index in [9.17, 15) is 4.39 Å². The van der Waals surface area contributed by atoms with E-state index in [0.29, 0.717) is 6.04 Å². The number of nitrogens with one attached hydrogen (secondary N) is 1. The Bertz CT molecular complexity index is 490. The van der Waals surface area contributed by atoms with Crippen molar-refractivity contribution >= 4 is 15.9 Å². The van der Waals surface area contributed by atoms with Gasteiger partial charge in [-0.05, 0) is 80.2 Å². The standard InChI is InChI=1S/C18H25BrFN/c1-2-21-17(10-14-8-12-3-4-13(14)7-12)11-15-9-16(19)5-6-18(15)20/h5-6,9,12-14,17,21H,2-4,7-8,10-11H2,1H3. The van der Waals surface area contributed by atoms with Crippen molar-refractivity contribution < 1.29 is 4.39 Å². The number of hydrogen-bond donors (Lipinski definition) is 1. The third-order valence-electron chi connectivity index (χ3n) is 5.44. The van der Waals surface area contributed by atoms with Gasteiger partial charge in [-0.15, -0.1) is 0 Å². The van der Waals surface area contributed by atoms with Crippen molar-refractivity contribution in [3.63, 3.8) is 0 Å². The molecule has 1 nitrogen and oxygen atoms in total. The van der Waals surface area contributed by atoms with E-state index in [0.717, 1.165) is 40.8 Å². The molecule has 2 saturated carbocycles. The molecule has 0 aliphatic heterocycles. The van der Waals surface area contributed by atoms with Crippen molar-refractivity contribution in [3.05, 3.63) is 34.1 Å². The summed E-state index contributed by atoms with van der Waals surface area (Å²) in [5.74, 6) is 2.73. The Balaban J connectivity index is 1.65. The van der Waals surface area contributed by atoms with Crippen LogP contribution in [0.15, 0.2) is 22.7 Å². The zero-order valence-electron chi connectivity index (χ0n) is 12.7. The topological polar surface area (TPSA) is 12.0 Å². The lowest BCUT2D eigenvalue weighted by molar-refractivity contribution is 0.277. The molecule has 2 aliphatic rings. The number of benzene rings is 1. The normalized spacial score (nSPS) is 29.0. The van der Waals surface area contributed by atoms with Gasteiger partial charge in [-0.2, -0.15) is 0 Å². The molecule has 4 unspecified atom stereocenters. The third kappa shape index (κ3) is 3.68. The Labute approximate surface area is 135 Å². The van der Waals surface area contributed by atoms with E-state index in [1.54, 1.807) is 12.1 Å².